The Morgan fingerprint density at radius 3 is 2.80 bits per heavy atom. The van der Waals surface area contributed by atoms with Gasteiger partial charge in [0.2, 0.25) is 0 Å². The number of hydrogen-bond donors (Lipinski definition) is 2. The number of rotatable bonds is 6. The Balaban J connectivity index is 0.00000361. The molecule has 0 saturated heterocycles. The quantitative estimate of drug-likeness (QED) is 0.385. The van der Waals surface area contributed by atoms with E-state index >= 15 is 0 Å². The first-order valence-electron chi connectivity index (χ1n) is 5.80. The van der Waals surface area contributed by atoms with Gasteiger partial charge in [0, 0.05) is 16.6 Å². The number of nitrogens with zero attached hydrogens (tertiary/aromatic N) is 1. The monoisotopic (exact) mass is 463 g/mol. The summed E-state index contributed by atoms with van der Waals surface area (Å²) in [6.07, 6.45) is 0.923. The number of guanidine groups is 1. The van der Waals surface area contributed by atoms with Crippen LogP contribution >= 0.6 is 39.9 Å². The Labute approximate surface area is 142 Å². The van der Waals surface area contributed by atoms with Gasteiger partial charge >= 0.3 is 6.61 Å². The van der Waals surface area contributed by atoms with E-state index in [4.69, 9.17) is 5.73 Å². The largest absolute Gasteiger partial charge is 0.434 e. The number of hydrogen-bond acceptors (Lipinski definition) is 2. The molecule has 8 heteroatoms. The Bertz CT molecular complexity index is 447. The summed E-state index contributed by atoms with van der Waals surface area (Å²) in [5.41, 5.74) is 6.17. The zero-order chi connectivity index (χ0) is 14.3. The van der Waals surface area contributed by atoms with Gasteiger partial charge in [-0.3, -0.25) is 0 Å². The minimum absolute atomic E-state index is 0. The second-order valence-corrected chi connectivity index (χ2v) is 4.67. The Morgan fingerprint density at radius 1 is 1.50 bits per heavy atom. The van der Waals surface area contributed by atoms with Crippen LogP contribution in [0, 0.1) is 0 Å². The van der Waals surface area contributed by atoms with Crippen LogP contribution in [0.1, 0.15) is 18.9 Å². The molecule has 0 bridgehead atoms. The van der Waals surface area contributed by atoms with E-state index in [9.17, 15) is 8.78 Å². The lowest BCUT2D eigenvalue weighted by molar-refractivity contribution is -0.0504. The molecule has 1 aromatic carbocycles. The standard InChI is InChI=1S/C12H16BrF2N3O.HI/c1-2-5-17-12(16)18-7-8-6-9(13)3-4-10(8)19-11(14)15;/h3-4,6,11H,2,5,7H2,1H3,(H3,16,17,18);1H. The average Bonchev–Trinajstić information content (AvgIpc) is 2.36. The molecule has 0 saturated carbocycles. The van der Waals surface area contributed by atoms with Crippen molar-refractivity contribution in [1.82, 2.24) is 5.32 Å². The van der Waals surface area contributed by atoms with Crippen molar-refractivity contribution >= 4 is 45.9 Å². The normalized spacial score (nSPS) is 11.2. The molecule has 114 valence electrons. The molecule has 0 unspecified atom stereocenters. The number of alkyl halides is 2. The molecule has 4 nitrogen and oxygen atoms in total. The highest BCUT2D eigenvalue weighted by molar-refractivity contribution is 14.0. The lowest BCUT2D eigenvalue weighted by Gasteiger charge is -2.10. The third-order valence-corrected chi connectivity index (χ3v) is 2.71. The van der Waals surface area contributed by atoms with Crippen molar-refractivity contribution in [3.8, 4) is 5.75 Å². The van der Waals surface area contributed by atoms with E-state index in [2.05, 4.69) is 31.0 Å². The number of nitrogens with two attached hydrogens (primary N) is 1. The molecule has 0 aromatic heterocycles. The maximum atomic E-state index is 12.3. The molecule has 1 aromatic rings. The van der Waals surface area contributed by atoms with Crippen LogP contribution in [-0.2, 0) is 6.54 Å². The van der Waals surface area contributed by atoms with Crippen molar-refractivity contribution in [2.24, 2.45) is 10.7 Å². The van der Waals surface area contributed by atoms with E-state index in [-0.39, 0.29) is 42.2 Å². The SMILES string of the molecule is CCCNC(N)=NCc1cc(Br)ccc1OC(F)F.I. The molecular weight excluding hydrogens is 447 g/mol. The van der Waals surface area contributed by atoms with Crippen LogP contribution in [0.25, 0.3) is 0 Å². The first-order chi connectivity index (χ1) is 9.02. The topological polar surface area (TPSA) is 59.6 Å². The molecule has 0 aliphatic heterocycles. The van der Waals surface area contributed by atoms with Crippen LogP contribution in [0.5, 0.6) is 5.75 Å². The summed E-state index contributed by atoms with van der Waals surface area (Å²) in [6.45, 7) is 0.0287. The van der Waals surface area contributed by atoms with Crippen molar-refractivity contribution in [1.29, 1.82) is 0 Å². The Hall–Kier alpha value is -0.640. The summed E-state index contributed by atoms with van der Waals surface area (Å²) >= 11 is 3.27. The van der Waals surface area contributed by atoms with E-state index in [0.717, 1.165) is 10.9 Å². The highest BCUT2D eigenvalue weighted by atomic mass is 127. The van der Waals surface area contributed by atoms with Gasteiger partial charge in [-0.2, -0.15) is 8.78 Å². The van der Waals surface area contributed by atoms with E-state index in [1.807, 2.05) is 6.92 Å². The zero-order valence-electron chi connectivity index (χ0n) is 10.9. The van der Waals surface area contributed by atoms with E-state index < -0.39 is 6.61 Å². The average molecular weight is 464 g/mol. The van der Waals surface area contributed by atoms with Gasteiger partial charge in [-0.15, -0.1) is 24.0 Å². The molecule has 1 rings (SSSR count). The molecule has 20 heavy (non-hydrogen) atoms. The smallest absolute Gasteiger partial charge is 0.387 e. The maximum Gasteiger partial charge on any atom is 0.387 e. The van der Waals surface area contributed by atoms with E-state index in [1.54, 1.807) is 12.1 Å². The Morgan fingerprint density at radius 2 is 2.20 bits per heavy atom. The molecule has 0 aliphatic rings. The van der Waals surface area contributed by atoms with Gasteiger partial charge in [-0.1, -0.05) is 22.9 Å². The van der Waals surface area contributed by atoms with Crippen LogP contribution in [0.15, 0.2) is 27.7 Å². The maximum absolute atomic E-state index is 12.3. The van der Waals surface area contributed by atoms with Crippen molar-refractivity contribution < 1.29 is 13.5 Å². The minimum atomic E-state index is -2.86. The van der Waals surface area contributed by atoms with Gasteiger partial charge < -0.3 is 15.8 Å². The van der Waals surface area contributed by atoms with Gasteiger partial charge in [0.05, 0.1) is 6.54 Å². The first kappa shape index (κ1) is 19.4. The van der Waals surface area contributed by atoms with Crippen LogP contribution in [0.4, 0.5) is 8.78 Å². The molecule has 0 radical (unpaired) electrons. The van der Waals surface area contributed by atoms with Crippen LogP contribution < -0.4 is 15.8 Å². The number of nitrogens with one attached hydrogen (secondary N) is 1. The predicted octanol–water partition coefficient (Wildman–Crippen LogP) is 3.48. The second-order valence-electron chi connectivity index (χ2n) is 3.76. The Kier molecular flexibility index (Phi) is 9.82. The van der Waals surface area contributed by atoms with Crippen LogP contribution in [0.3, 0.4) is 0 Å². The molecule has 0 heterocycles. The van der Waals surface area contributed by atoms with Crippen molar-refractivity contribution in [2.45, 2.75) is 26.5 Å². The molecular formula is C12H17BrF2IN3O. The number of aliphatic imine (C=N–C) groups is 1. The van der Waals surface area contributed by atoms with Crippen LogP contribution in [-0.4, -0.2) is 19.1 Å². The molecule has 0 amide bonds. The molecule has 0 atom stereocenters. The van der Waals surface area contributed by atoms with E-state index in [1.165, 1.54) is 6.07 Å². The van der Waals surface area contributed by atoms with Gasteiger partial charge in [0.25, 0.3) is 0 Å². The third-order valence-electron chi connectivity index (χ3n) is 2.21. The molecule has 0 fully saturated rings. The van der Waals surface area contributed by atoms with Gasteiger partial charge in [-0.05, 0) is 24.6 Å². The van der Waals surface area contributed by atoms with Gasteiger partial charge in [0.1, 0.15) is 5.75 Å². The number of ether oxygens (including phenoxy) is 1. The van der Waals surface area contributed by atoms with Crippen molar-refractivity contribution in [2.75, 3.05) is 6.54 Å². The lowest BCUT2D eigenvalue weighted by Crippen LogP contribution is -2.32. The number of halogens is 4. The molecule has 0 spiro atoms. The third kappa shape index (κ3) is 7.22. The highest BCUT2D eigenvalue weighted by Gasteiger charge is 2.09. The summed E-state index contributed by atoms with van der Waals surface area (Å²) in [7, 11) is 0. The van der Waals surface area contributed by atoms with Gasteiger partial charge in [-0.25, -0.2) is 4.99 Å². The summed E-state index contributed by atoms with van der Waals surface area (Å²) < 4.78 is 29.7. The fourth-order valence-electron chi connectivity index (χ4n) is 1.36. The highest BCUT2D eigenvalue weighted by Crippen LogP contribution is 2.25. The summed E-state index contributed by atoms with van der Waals surface area (Å²) in [5.74, 6) is 0.384. The minimum Gasteiger partial charge on any atom is -0.434 e. The molecule has 3 N–H and O–H groups in total. The lowest BCUT2D eigenvalue weighted by atomic mass is 10.2. The van der Waals surface area contributed by atoms with Crippen molar-refractivity contribution in [3.05, 3.63) is 28.2 Å². The summed E-state index contributed by atoms with van der Waals surface area (Å²) in [4.78, 5) is 4.08. The van der Waals surface area contributed by atoms with E-state index in [0.29, 0.717) is 12.1 Å². The van der Waals surface area contributed by atoms with Crippen molar-refractivity contribution in [3.63, 3.8) is 0 Å². The second kappa shape index (κ2) is 10.1. The van der Waals surface area contributed by atoms with Crippen LogP contribution in [0.2, 0.25) is 0 Å². The van der Waals surface area contributed by atoms with Gasteiger partial charge in [0.15, 0.2) is 5.96 Å². The summed E-state index contributed by atoms with van der Waals surface area (Å²) in [6, 6.07) is 4.77. The zero-order valence-corrected chi connectivity index (χ0v) is 14.8. The predicted molar refractivity (Wildman–Crippen MR) is 89.8 cm³/mol. The first-order valence-corrected chi connectivity index (χ1v) is 6.59. The fraction of sp³-hybridized carbons (Fsp3) is 0.417. The summed E-state index contributed by atoms with van der Waals surface area (Å²) in [5, 5.41) is 2.90. The number of benzene rings is 1. The fourth-order valence-corrected chi connectivity index (χ4v) is 1.77. The molecule has 0 aliphatic carbocycles.